The molecular weight excluding hydrogens is 679 g/mol. The maximum atomic E-state index is 13.3. The number of alkyl halides is 6. The zero-order chi connectivity index (χ0) is 32.8. The van der Waals surface area contributed by atoms with Crippen molar-refractivity contribution in [1.29, 1.82) is 0 Å². The van der Waals surface area contributed by atoms with Gasteiger partial charge in [-0.2, -0.15) is 26.3 Å². The molecule has 0 spiro atoms. The normalized spacial score (nSPS) is 13.8. The van der Waals surface area contributed by atoms with Crippen molar-refractivity contribution in [3.8, 4) is 52.4 Å². The van der Waals surface area contributed by atoms with E-state index >= 15 is 0 Å². The van der Waals surface area contributed by atoms with E-state index in [4.69, 9.17) is 0 Å². The second-order valence-corrected chi connectivity index (χ2v) is 13.3. The molecule has 0 N–H and O–H groups in total. The van der Waals surface area contributed by atoms with Crippen LogP contribution in [0.25, 0.3) is 58.0 Å². The summed E-state index contributed by atoms with van der Waals surface area (Å²) in [6, 6.07) is 19.0. The first-order valence-electron chi connectivity index (χ1n) is 13.9. The number of nitrogens with zero attached hydrogens (tertiary/aromatic N) is 6. The van der Waals surface area contributed by atoms with Gasteiger partial charge >= 0.3 is 12.4 Å². The molecule has 0 amide bonds. The van der Waals surface area contributed by atoms with E-state index in [2.05, 4.69) is 30.4 Å². The lowest BCUT2D eigenvalue weighted by molar-refractivity contribution is -0.137. The highest BCUT2D eigenvalue weighted by Gasteiger charge is 2.34. The molecule has 0 bridgehead atoms. The molecule has 47 heavy (non-hydrogen) atoms. The summed E-state index contributed by atoms with van der Waals surface area (Å²) in [7, 11) is 0. The Hall–Kier alpha value is -4.60. The van der Waals surface area contributed by atoms with Crippen molar-refractivity contribution in [2.75, 3.05) is 0 Å². The van der Waals surface area contributed by atoms with Crippen molar-refractivity contribution in [1.82, 2.24) is 30.4 Å². The van der Waals surface area contributed by atoms with Gasteiger partial charge in [0.05, 0.1) is 26.7 Å². The molecule has 5 aromatic heterocycles. The molecule has 236 valence electrons. The first-order valence-corrected chi connectivity index (χ1v) is 16.3. The highest BCUT2D eigenvalue weighted by atomic mass is 32.1. The van der Waals surface area contributed by atoms with Crippen LogP contribution in [-0.4, -0.2) is 36.5 Å². The van der Waals surface area contributed by atoms with Crippen LogP contribution < -0.4 is 0 Å². The third-order valence-electron chi connectivity index (χ3n) is 7.07. The average molecular weight is 697 g/mol. The number of rotatable bonds is 6. The van der Waals surface area contributed by atoms with Crippen LogP contribution in [0.3, 0.4) is 0 Å². The first-order chi connectivity index (χ1) is 22.5. The summed E-state index contributed by atoms with van der Waals surface area (Å²) >= 11 is 4.04. The monoisotopic (exact) mass is 696 g/mol. The molecule has 0 radical (unpaired) electrons. The Balaban J connectivity index is 1.10. The minimum absolute atomic E-state index is 0.0546. The number of allylic oxidation sites excluding steroid dienone is 4. The van der Waals surface area contributed by atoms with Crippen molar-refractivity contribution in [3.05, 3.63) is 102 Å². The van der Waals surface area contributed by atoms with E-state index in [9.17, 15) is 26.3 Å². The second-order valence-electron chi connectivity index (χ2n) is 10.2. The van der Waals surface area contributed by atoms with Crippen LogP contribution in [0.4, 0.5) is 26.3 Å². The molecular formula is C32H18F6N6S3. The zero-order valence-electron chi connectivity index (χ0n) is 23.7. The van der Waals surface area contributed by atoms with Crippen molar-refractivity contribution in [2.45, 2.75) is 25.2 Å². The van der Waals surface area contributed by atoms with Crippen LogP contribution in [0.15, 0.2) is 90.5 Å². The first kappa shape index (κ1) is 31.0. The zero-order valence-corrected chi connectivity index (χ0v) is 26.1. The minimum atomic E-state index is -4.46. The van der Waals surface area contributed by atoms with Gasteiger partial charge in [0.2, 0.25) is 0 Å². The van der Waals surface area contributed by atoms with Crippen LogP contribution in [-0.2, 0) is 6.18 Å². The van der Waals surface area contributed by atoms with E-state index in [1.165, 1.54) is 40.1 Å². The number of benzene rings is 1. The van der Waals surface area contributed by atoms with Gasteiger partial charge in [-0.1, -0.05) is 53.0 Å². The van der Waals surface area contributed by atoms with Crippen LogP contribution in [0.5, 0.6) is 0 Å². The Kier molecular flexibility index (Phi) is 8.06. The Bertz CT molecular complexity index is 2160. The quantitative estimate of drug-likeness (QED) is 0.161. The maximum absolute atomic E-state index is 13.3. The lowest BCUT2D eigenvalue weighted by Gasteiger charge is -2.16. The summed E-state index contributed by atoms with van der Waals surface area (Å²) in [4.78, 5) is 10.8. The number of halogens is 6. The summed E-state index contributed by atoms with van der Waals surface area (Å²) in [5.74, 6) is 0. The molecule has 5 heterocycles. The second kappa shape index (κ2) is 12.2. The number of hydrogen-bond acceptors (Lipinski definition) is 9. The number of aromatic nitrogens is 6. The molecule has 6 nitrogen and oxygen atoms in total. The molecule has 15 heteroatoms. The van der Waals surface area contributed by atoms with E-state index in [-0.39, 0.29) is 12.8 Å². The Morgan fingerprint density at radius 3 is 1.72 bits per heavy atom. The van der Waals surface area contributed by atoms with Crippen LogP contribution in [0.1, 0.15) is 24.1 Å². The summed E-state index contributed by atoms with van der Waals surface area (Å²) in [6.07, 6.45) is -5.70. The molecule has 1 aliphatic rings. The van der Waals surface area contributed by atoms with Gasteiger partial charge in [0, 0.05) is 11.1 Å². The lowest BCUT2D eigenvalue weighted by Crippen LogP contribution is -2.13. The predicted octanol–water partition coefficient (Wildman–Crippen LogP) is 10.3. The summed E-state index contributed by atoms with van der Waals surface area (Å²) in [5, 5.41) is 19.5. The molecule has 0 saturated carbocycles. The van der Waals surface area contributed by atoms with Crippen molar-refractivity contribution in [3.63, 3.8) is 0 Å². The van der Waals surface area contributed by atoms with Gasteiger partial charge in [0.15, 0.2) is 20.0 Å². The van der Waals surface area contributed by atoms with Crippen LogP contribution >= 0.6 is 34.0 Å². The fraction of sp³-hybridized carbons (Fsp3) is 0.125. The van der Waals surface area contributed by atoms with Crippen LogP contribution in [0.2, 0.25) is 0 Å². The predicted molar refractivity (Wildman–Crippen MR) is 170 cm³/mol. The highest BCUT2D eigenvalue weighted by Crippen LogP contribution is 2.40. The molecule has 7 rings (SSSR count). The summed E-state index contributed by atoms with van der Waals surface area (Å²) in [5.41, 5.74) is 1.24. The molecule has 1 aromatic carbocycles. The molecule has 6 aromatic rings. The fourth-order valence-electron chi connectivity index (χ4n) is 4.81. The average Bonchev–Trinajstić information content (AvgIpc) is 3.86. The Morgan fingerprint density at radius 2 is 1.11 bits per heavy atom. The van der Waals surface area contributed by atoms with E-state index in [1.54, 1.807) is 48.5 Å². The standard InChI is InChI=1S/C32H18F6N6S3/c33-31(34,35)19-7-1-5-17(15-19)21-9-3-11-23(39-21)27-41-43-29(46-27)25-13-14-26(45-25)30-44-42-28(47-30)24-12-4-10-22(40-24)18-6-2-8-20(16-18)32(36,37)38/h1,3-7,9-16H,2,8H2. The molecule has 0 atom stereocenters. The third-order valence-corrected chi connectivity index (χ3v) is 10.4. The number of hydrogen-bond donors (Lipinski definition) is 0. The SMILES string of the molecule is FC(F)(F)C1=CC(c2cccc(-c3nnc(-c4ccc(-c5nnc(-c6cccc(-c7cccc(C(F)(F)F)c7)n6)s5)s4)s3)n2)=CCC1. The smallest absolute Gasteiger partial charge is 0.245 e. The number of thiophene rings is 1. The van der Waals surface area contributed by atoms with Crippen molar-refractivity contribution in [2.24, 2.45) is 0 Å². The van der Waals surface area contributed by atoms with Gasteiger partial charge in [0.1, 0.15) is 11.4 Å². The highest BCUT2D eigenvalue weighted by molar-refractivity contribution is 7.27. The maximum Gasteiger partial charge on any atom is 0.416 e. The Labute approximate surface area is 274 Å². The van der Waals surface area contributed by atoms with E-state index in [0.717, 1.165) is 28.0 Å². The lowest BCUT2D eigenvalue weighted by atomic mass is 9.97. The summed E-state index contributed by atoms with van der Waals surface area (Å²) < 4.78 is 79.5. The third kappa shape index (κ3) is 6.64. The fourth-order valence-corrected chi connectivity index (χ4v) is 7.54. The minimum Gasteiger partial charge on any atom is -0.245 e. The van der Waals surface area contributed by atoms with E-state index in [1.807, 2.05) is 12.1 Å². The van der Waals surface area contributed by atoms with Gasteiger partial charge in [0.25, 0.3) is 0 Å². The van der Waals surface area contributed by atoms with Gasteiger partial charge in [-0.05, 0) is 73.0 Å². The molecule has 0 saturated heterocycles. The van der Waals surface area contributed by atoms with Crippen molar-refractivity contribution < 1.29 is 26.3 Å². The molecule has 1 aliphatic carbocycles. The topological polar surface area (TPSA) is 77.3 Å². The van der Waals surface area contributed by atoms with E-state index < -0.39 is 23.5 Å². The Morgan fingerprint density at radius 1 is 0.553 bits per heavy atom. The van der Waals surface area contributed by atoms with Crippen LogP contribution in [0, 0.1) is 0 Å². The van der Waals surface area contributed by atoms with Gasteiger partial charge < -0.3 is 0 Å². The number of pyridine rings is 2. The molecule has 0 fully saturated rings. The largest absolute Gasteiger partial charge is 0.416 e. The molecule has 0 aliphatic heterocycles. The van der Waals surface area contributed by atoms with Crippen molar-refractivity contribution >= 4 is 39.6 Å². The van der Waals surface area contributed by atoms with E-state index in [0.29, 0.717) is 53.9 Å². The van der Waals surface area contributed by atoms with Gasteiger partial charge in [-0.25, -0.2) is 9.97 Å². The summed E-state index contributed by atoms with van der Waals surface area (Å²) in [6.45, 7) is 0. The van der Waals surface area contributed by atoms with Gasteiger partial charge in [-0.15, -0.1) is 31.7 Å². The van der Waals surface area contributed by atoms with Gasteiger partial charge in [-0.3, -0.25) is 0 Å². The molecule has 0 unspecified atom stereocenters.